The van der Waals surface area contributed by atoms with Gasteiger partial charge in [-0.3, -0.25) is 4.79 Å². The zero-order valence-corrected chi connectivity index (χ0v) is 15.9. The van der Waals surface area contributed by atoms with Crippen molar-refractivity contribution in [3.63, 3.8) is 0 Å². The molecule has 1 heterocycles. The van der Waals surface area contributed by atoms with Crippen LogP contribution in [0.1, 0.15) is 24.0 Å². The summed E-state index contributed by atoms with van der Waals surface area (Å²) in [6.07, 6.45) is 2.77. The van der Waals surface area contributed by atoms with Crippen LogP contribution in [-0.4, -0.2) is 38.2 Å². The predicted octanol–water partition coefficient (Wildman–Crippen LogP) is 2.26. The van der Waals surface area contributed by atoms with E-state index in [0.29, 0.717) is 6.04 Å². The Morgan fingerprint density at radius 3 is 2.63 bits per heavy atom. The number of nitrogens with one attached hydrogen (secondary N) is 3. The van der Waals surface area contributed by atoms with Crippen molar-refractivity contribution in [2.24, 2.45) is 0 Å². The molecule has 0 aromatic heterocycles. The van der Waals surface area contributed by atoms with Gasteiger partial charge in [0.05, 0.1) is 13.2 Å². The summed E-state index contributed by atoms with van der Waals surface area (Å²) in [6.45, 7) is 2.33. The molecule has 2 unspecified atom stereocenters. The number of rotatable bonds is 9. The number of hydrogen-bond acceptors (Lipinski definition) is 4. The zero-order chi connectivity index (χ0) is 18.9. The van der Waals surface area contributed by atoms with Crippen molar-refractivity contribution >= 4 is 5.91 Å². The van der Waals surface area contributed by atoms with E-state index in [1.165, 1.54) is 11.1 Å². The van der Waals surface area contributed by atoms with Gasteiger partial charge in [-0.05, 0) is 42.5 Å². The molecule has 27 heavy (non-hydrogen) atoms. The average molecular weight is 367 g/mol. The third-order valence-corrected chi connectivity index (χ3v) is 4.99. The number of carbonyl (C=O) groups excluding carboxylic acids is 1. The summed E-state index contributed by atoms with van der Waals surface area (Å²) in [5, 5.41) is 9.91. The lowest BCUT2D eigenvalue weighted by Crippen LogP contribution is -2.40. The number of amides is 1. The Hall–Kier alpha value is -2.37. The standard InChI is InChI=1S/C22H29N3O2/c1-27-20-11-9-18(10-12-20)15-24-19-14-21(25-16-19)22(26)23-13-5-8-17-6-3-2-4-7-17/h2-4,6-7,9-12,19,21,24-25H,5,8,13-16H2,1H3,(H,23,26). The fourth-order valence-electron chi connectivity index (χ4n) is 3.37. The molecule has 3 rings (SSSR count). The highest BCUT2D eigenvalue weighted by Gasteiger charge is 2.28. The first-order valence-corrected chi connectivity index (χ1v) is 9.66. The highest BCUT2D eigenvalue weighted by molar-refractivity contribution is 5.82. The molecule has 2 aromatic rings. The highest BCUT2D eigenvalue weighted by Crippen LogP contribution is 2.12. The predicted molar refractivity (Wildman–Crippen MR) is 108 cm³/mol. The minimum atomic E-state index is -0.102. The summed E-state index contributed by atoms with van der Waals surface area (Å²) in [5.41, 5.74) is 2.53. The number of benzene rings is 2. The zero-order valence-electron chi connectivity index (χ0n) is 15.9. The number of aryl methyl sites for hydroxylation is 1. The van der Waals surface area contributed by atoms with Crippen LogP contribution in [0.25, 0.3) is 0 Å². The molecule has 5 nitrogen and oxygen atoms in total. The molecule has 0 spiro atoms. The van der Waals surface area contributed by atoms with E-state index < -0.39 is 0 Å². The lowest BCUT2D eigenvalue weighted by Gasteiger charge is -2.13. The lowest BCUT2D eigenvalue weighted by molar-refractivity contribution is -0.122. The lowest BCUT2D eigenvalue weighted by atomic mass is 10.1. The second-order valence-corrected chi connectivity index (χ2v) is 7.00. The van der Waals surface area contributed by atoms with Gasteiger partial charge in [-0.15, -0.1) is 0 Å². The summed E-state index contributed by atoms with van der Waals surface area (Å²) in [5.74, 6) is 0.974. The molecule has 5 heteroatoms. The number of carbonyl (C=O) groups is 1. The molecule has 144 valence electrons. The van der Waals surface area contributed by atoms with E-state index in [9.17, 15) is 4.79 Å². The molecule has 3 N–H and O–H groups in total. The Balaban J connectivity index is 1.32. The van der Waals surface area contributed by atoms with Gasteiger partial charge in [0, 0.05) is 25.7 Å². The van der Waals surface area contributed by atoms with Gasteiger partial charge in [0.2, 0.25) is 5.91 Å². The fraction of sp³-hybridized carbons (Fsp3) is 0.409. The summed E-state index contributed by atoms with van der Waals surface area (Å²) < 4.78 is 5.18. The summed E-state index contributed by atoms with van der Waals surface area (Å²) >= 11 is 0. The molecule has 2 aromatic carbocycles. The molecule has 1 amide bonds. The smallest absolute Gasteiger partial charge is 0.237 e. The average Bonchev–Trinajstić information content (AvgIpc) is 3.20. The SMILES string of the molecule is COc1ccc(CNC2CNC(C(=O)NCCCc3ccccc3)C2)cc1. The first kappa shape index (κ1) is 19.4. The minimum absolute atomic E-state index is 0.102. The quantitative estimate of drug-likeness (QED) is 0.595. The minimum Gasteiger partial charge on any atom is -0.497 e. The van der Waals surface area contributed by atoms with Crippen LogP contribution < -0.4 is 20.7 Å². The third-order valence-electron chi connectivity index (χ3n) is 4.99. The van der Waals surface area contributed by atoms with E-state index in [1.54, 1.807) is 7.11 Å². The van der Waals surface area contributed by atoms with Crippen molar-refractivity contribution in [1.29, 1.82) is 0 Å². The Kier molecular flexibility index (Phi) is 7.25. The third kappa shape index (κ3) is 6.08. The molecule has 0 radical (unpaired) electrons. The summed E-state index contributed by atoms with van der Waals surface area (Å²) in [4.78, 5) is 12.3. The van der Waals surface area contributed by atoms with E-state index in [1.807, 2.05) is 18.2 Å². The summed E-state index contributed by atoms with van der Waals surface area (Å²) in [7, 11) is 1.67. The Labute approximate surface area is 161 Å². The molecule has 0 saturated carbocycles. The van der Waals surface area contributed by atoms with Crippen LogP contribution in [-0.2, 0) is 17.8 Å². The molecule has 1 aliphatic heterocycles. The number of methoxy groups -OCH3 is 1. The van der Waals surface area contributed by atoms with Gasteiger partial charge in [-0.2, -0.15) is 0 Å². The maximum Gasteiger partial charge on any atom is 0.237 e. The number of hydrogen-bond donors (Lipinski definition) is 3. The molecular weight excluding hydrogens is 338 g/mol. The molecule has 1 saturated heterocycles. The van der Waals surface area contributed by atoms with Crippen LogP contribution in [0.5, 0.6) is 5.75 Å². The van der Waals surface area contributed by atoms with Gasteiger partial charge in [0.25, 0.3) is 0 Å². The van der Waals surface area contributed by atoms with Gasteiger partial charge < -0.3 is 20.7 Å². The van der Waals surface area contributed by atoms with Crippen molar-refractivity contribution in [1.82, 2.24) is 16.0 Å². The molecular formula is C22H29N3O2. The van der Waals surface area contributed by atoms with Crippen LogP contribution >= 0.6 is 0 Å². The first-order chi connectivity index (χ1) is 13.2. The Morgan fingerprint density at radius 1 is 1.11 bits per heavy atom. The molecule has 2 atom stereocenters. The van der Waals surface area contributed by atoms with Gasteiger partial charge in [-0.25, -0.2) is 0 Å². The van der Waals surface area contributed by atoms with Crippen LogP contribution in [0.15, 0.2) is 54.6 Å². The number of ether oxygens (including phenoxy) is 1. The van der Waals surface area contributed by atoms with Crippen LogP contribution in [0, 0.1) is 0 Å². The van der Waals surface area contributed by atoms with Crippen LogP contribution in [0.2, 0.25) is 0 Å². The molecule has 0 bridgehead atoms. The maximum atomic E-state index is 12.3. The van der Waals surface area contributed by atoms with Crippen LogP contribution in [0.3, 0.4) is 0 Å². The summed E-state index contributed by atoms with van der Waals surface area (Å²) in [6, 6.07) is 18.6. The van der Waals surface area contributed by atoms with Crippen LogP contribution in [0.4, 0.5) is 0 Å². The molecule has 1 fully saturated rings. The van der Waals surface area contributed by atoms with E-state index >= 15 is 0 Å². The largest absolute Gasteiger partial charge is 0.497 e. The van der Waals surface area contributed by atoms with E-state index in [0.717, 1.165) is 44.6 Å². The molecule has 1 aliphatic rings. The van der Waals surface area contributed by atoms with E-state index in [2.05, 4.69) is 52.3 Å². The van der Waals surface area contributed by atoms with Crippen molar-refractivity contribution in [2.45, 2.75) is 37.9 Å². The maximum absolute atomic E-state index is 12.3. The van der Waals surface area contributed by atoms with Gasteiger partial charge in [-0.1, -0.05) is 42.5 Å². The monoisotopic (exact) mass is 367 g/mol. The van der Waals surface area contributed by atoms with E-state index in [-0.39, 0.29) is 11.9 Å². The second-order valence-electron chi connectivity index (χ2n) is 7.00. The van der Waals surface area contributed by atoms with Gasteiger partial charge in [0.1, 0.15) is 5.75 Å². The second kappa shape index (κ2) is 10.1. The van der Waals surface area contributed by atoms with Crippen molar-refractivity contribution in [3.05, 3.63) is 65.7 Å². The van der Waals surface area contributed by atoms with E-state index in [4.69, 9.17) is 4.74 Å². The topological polar surface area (TPSA) is 62.4 Å². The normalized spacial score (nSPS) is 19.0. The fourth-order valence-corrected chi connectivity index (χ4v) is 3.37. The van der Waals surface area contributed by atoms with Crippen molar-refractivity contribution in [2.75, 3.05) is 20.2 Å². The first-order valence-electron chi connectivity index (χ1n) is 9.66. The van der Waals surface area contributed by atoms with Crippen molar-refractivity contribution in [3.8, 4) is 5.75 Å². The van der Waals surface area contributed by atoms with Gasteiger partial charge >= 0.3 is 0 Å². The Morgan fingerprint density at radius 2 is 1.89 bits per heavy atom. The highest BCUT2D eigenvalue weighted by atomic mass is 16.5. The molecule has 0 aliphatic carbocycles. The van der Waals surface area contributed by atoms with Crippen molar-refractivity contribution < 1.29 is 9.53 Å². The van der Waals surface area contributed by atoms with Gasteiger partial charge in [0.15, 0.2) is 0 Å². The Bertz CT molecular complexity index is 703.